The summed E-state index contributed by atoms with van der Waals surface area (Å²) >= 11 is 0. The van der Waals surface area contributed by atoms with Gasteiger partial charge in [0.1, 0.15) is 0 Å². The molecule has 0 bridgehead atoms. The number of nitrogens with one attached hydrogen (secondary N) is 2. The van der Waals surface area contributed by atoms with E-state index in [-0.39, 0.29) is 17.2 Å². The topological polar surface area (TPSA) is 41.1 Å². The van der Waals surface area contributed by atoms with Gasteiger partial charge in [0.15, 0.2) is 0 Å². The summed E-state index contributed by atoms with van der Waals surface area (Å²) in [6.07, 6.45) is 3.27. The number of carbonyl (C=O) groups excluding carboxylic acids is 1. The molecule has 0 saturated carbocycles. The van der Waals surface area contributed by atoms with E-state index in [0.29, 0.717) is 5.92 Å². The molecule has 1 fully saturated rings. The second kappa shape index (κ2) is 7.77. The van der Waals surface area contributed by atoms with Crippen molar-refractivity contribution in [3.63, 3.8) is 0 Å². The lowest BCUT2D eigenvalue weighted by Crippen LogP contribution is -2.44. The van der Waals surface area contributed by atoms with Crippen molar-refractivity contribution in [1.82, 2.24) is 10.6 Å². The SMILES string of the molecule is CCC(C)C(C(=O)NCC1(C)CCNCC1)c1ccccc1. The van der Waals surface area contributed by atoms with E-state index in [9.17, 15) is 4.79 Å². The molecule has 1 amide bonds. The number of hydrogen-bond donors (Lipinski definition) is 2. The molecule has 1 aromatic carbocycles. The van der Waals surface area contributed by atoms with Crippen LogP contribution < -0.4 is 10.6 Å². The van der Waals surface area contributed by atoms with Crippen LogP contribution in [0.2, 0.25) is 0 Å². The van der Waals surface area contributed by atoms with Gasteiger partial charge in [0, 0.05) is 6.54 Å². The maximum Gasteiger partial charge on any atom is 0.227 e. The van der Waals surface area contributed by atoms with Gasteiger partial charge in [0.05, 0.1) is 5.92 Å². The van der Waals surface area contributed by atoms with Crippen LogP contribution in [0.15, 0.2) is 30.3 Å². The summed E-state index contributed by atoms with van der Waals surface area (Å²) in [6, 6.07) is 10.2. The molecule has 0 spiro atoms. The molecule has 0 aromatic heterocycles. The quantitative estimate of drug-likeness (QED) is 0.846. The molecule has 1 aromatic rings. The Morgan fingerprint density at radius 1 is 1.27 bits per heavy atom. The van der Waals surface area contributed by atoms with Crippen LogP contribution in [0.25, 0.3) is 0 Å². The summed E-state index contributed by atoms with van der Waals surface area (Å²) in [6.45, 7) is 9.51. The Labute approximate surface area is 134 Å². The van der Waals surface area contributed by atoms with E-state index >= 15 is 0 Å². The summed E-state index contributed by atoms with van der Waals surface area (Å²) in [5.41, 5.74) is 1.36. The Morgan fingerprint density at radius 3 is 2.50 bits per heavy atom. The third-order valence-electron chi connectivity index (χ3n) is 5.15. The van der Waals surface area contributed by atoms with Crippen LogP contribution in [0, 0.1) is 11.3 Å². The minimum atomic E-state index is -0.0449. The lowest BCUT2D eigenvalue weighted by atomic mass is 9.80. The first-order valence-corrected chi connectivity index (χ1v) is 8.59. The summed E-state index contributed by atoms with van der Waals surface area (Å²) < 4.78 is 0. The number of piperidine rings is 1. The molecular weight excluding hydrogens is 272 g/mol. The lowest BCUT2D eigenvalue weighted by molar-refractivity contribution is -0.124. The number of carbonyl (C=O) groups is 1. The van der Waals surface area contributed by atoms with Gasteiger partial charge in [-0.05, 0) is 42.8 Å². The highest BCUT2D eigenvalue weighted by Crippen LogP contribution is 2.29. The van der Waals surface area contributed by atoms with E-state index in [1.807, 2.05) is 18.2 Å². The molecule has 1 heterocycles. The highest BCUT2D eigenvalue weighted by Gasteiger charge is 2.30. The molecule has 2 unspecified atom stereocenters. The standard InChI is InChI=1S/C19H30N2O/c1-4-15(2)17(16-8-6-5-7-9-16)18(22)21-14-19(3)10-12-20-13-11-19/h5-9,15,17,20H,4,10-14H2,1-3H3,(H,21,22). The van der Waals surface area contributed by atoms with Crippen molar-refractivity contribution in [2.45, 2.75) is 46.0 Å². The van der Waals surface area contributed by atoms with E-state index in [2.05, 4.69) is 43.5 Å². The molecule has 122 valence electrons. The highest BCUT2D eigenvalue weighted by atomic mass is 16.1. The molecule has 1 saturated heterocycles. The average Bonchev–Trinajstić information content (AvgIpc) is 2.55. The van der Waals surface area contributed by atoms with Crippen LogP contribution in [0.4, 0.5) is 0 Å². The van der Waals surface area contributed by atoms with Crippen LogP contribution in [0.3, 0.4) is 0 Å². The van der Waals surface area contributed by atoms with Gasteiger partial charge in [-0.2, -0.15) is 0 Å². The Bertz CT molecular complexity index is 466. The van der Waals surface area contributed by atoms with Crippen molar-refractivity contribution in [1.29, 1.82) is 0 Å². The minimum Gasteiger partial charge on any atom is -0.355 e. The molecule has 0 aliphatic carbocycles. The van der Waals surface area contributed by atoms with Gasteiger partial charge in [0.2, 0.25) is 5.91 Å². The number of amides is 1. The normalized spacial score (nSPS) is 20.1. The number of rotatable bonds is 6. The molecule has 22 heavy (non-hydrogen) atoms. The van der Waals surface area contributed by atoms with Crippen molar-refractivity contribution < 1.29 is 4.79 Å². The van der Waals surface area contributed by atoms with E-state index in [0.717, 1.165) is 44.5 Å². The van der Waals surface area contributed by atoms with E-state index in [1.54, 1.807) is 0 Å². The molecule has 2 N–H and O–H groups in total. The first kappa shape index (κ1) is 17.0. The van der Waals surface area contributed by atoms with Gasteiger partial charge in [-0.25, -0.2) is 0 Å². The van der Waals surface area contributed by atoms with Gasteiger partial charge < -0.3 is 10.6 Å². The molecule has 1 aliphatic heterocycles. The van der Waals surface area contributed by atoms with Gasteiger partial charge in [-0.15, -0.1) is 0 Å². The van der Waals surface area contributed by atoms with Gasteiger partial charge >= 0.3 is 0 Å². The Morgan fingerprint density at radius 2 is 1.91 bits per heavy atom. The second-order valence-electron chi connectivity index (χ2n) is 7.05. The first-order valence-electron chi connectivity index (χ1n) is 8.59. The number of hydrogen-bond acceptors (Lipinski definition) is 2. The highest BCUT2D eigenvalue weighted by molar-refractivity contribution is 5.84. The maximum atomic E-state index is 12.8. The largest absolute Gasteiger partial charge is 0.355 e. The fourth-order valence-corrected chi connectivity index (χ4v) is 3.25. The molecule has 1 aliphatic rings. The zero-order chi connectivity index (χ0) is 16.0. The monoisotopic (exact) mass is 302 g/mol. The fraction of sp³-hybridized carbons (Fsp3) is 0.632. The van der Waals surface area contributed by atoms with Crippen LogP contribution >= 0.6 is 0 Å². The van der Waals surface area contributed by atoms with E-state index in [4.69, 9.17) is 0 Å². The van der Waals surface area contributed by atoms with E-state index in [1.165, 1.54) is 0 Å². The van der Waals surface area contributed by atoms with Crippen molar-refractivity contribution in [2.24, 2.45) is 11.3 Å². The Balaban J connectivity index is 2.03. The van der Waals surface area contributed by atoms with E-state index < -0.39 is 0 Å². The fourth-order valence-electron chi connectivity index (χ4n) is 3.25. The summed E-state index contributed by atoms with van der Waals surface area (Å²) in [5, 5.41) is 6.63. The third kappa shape index (κ3) is 4.33. The zero-order valence-electron chi connectivity index (χ0n) is 14.2. The smallest absolute Gasteiger partial charge is 0.227 e. The molecule has 2 rings (SSSR count). The lowest BCUT2D eigenvalue weighted by Gasteiger charge is -2.35. The third-order valence-corrected chi connectivity index (χ3v) is 5.15. The number of benzene rings is 1. The average molecular weight is 302 g/mol. The predicted octanol–water partition coefficient (Wildman–Crippen LogP) is 3.32. The van der Waals surface area contributed by atoms with Crippen molar-refractivity contribution in [3.8, 4) is 0 Å². The predicted molar refractivity (Wildman–Crippen MR) is 91.9 cm³/mol. The second-order valence-corrected chi connectivity index (χ2v) is 7.05. The van der Waals surface area contributed by atoms with Gasteiger partial charge in [-0.1, -0.05) is 57.5 Å². The maximum absolute atomic E-state index is 12.8. The molecule has 3 nitrogen and oxygen atoms in total. The first-order chi connectivity index (χ1) is 10.6. The van der Waals surface area contributed by atoms with Crippen LogP contribution in [-0.2, 0) is 4.79 Å². The Kier molecular flexibility index (Phi) is 6.01. The van der Waals surface area contributed by atoms with Crippen LogP contribution in [0.5, 0.6) is 0 Å². The Hall–Kier alpha value is -1.35. The summed E-state index contributed by atoms with van der Waals surface area (Å²) in [5.74, 6) is 0.486. The van der Waals surface area contributed by atoms with Crippen LogP contribution in [-0.4, -0.2) is 25.5 Å². The van der Waals surface area contributed by atoms with Crippen LogP contribution in [0.1, 0.15) is 51.5 Å². The van der Waals surface area contributed by atoms with Gasteiger partial charge in [0.25, 0.3) is 0 Å². The molecule has 2 atom stereocenters. The minimum absolute atomic E-state index is 0.0449. The molecule has 3 heteroatoms. The summed E-state index contributed by atoms with van der Waals surface area (Å²) in [7, 11) is 0. The molecule has 0 radical (unpaired) electrons. The molecular formula is C19H30N2O. The van der Waals surface area contributed by atoms with Gasteiger partial charge in [-0.3, -0.25) is 4.79 Å². The van der Waals surface area contributed by atoms with Crippen molar-refractivity contribution in [3.05, 3.63) is 35.9 Å². The van der Waals surface area contributed by atoms with Crippen molar-refractivity contribution in [2.75, 3.05) is 19.6 Å². The summed E-state index contributed by atoms with van der Waals surface area (Å²) in [4.78, 5) is 12.8. The zero-order valence-corrected chi connectivity index (χ0v) is 14.2. The van der Waals surface area contributed by atoms with Crippen molar-refractivity contribution >= 4 is 5.91 Å².